The van der Waals surface area contributed by atoms with E-state index in [-0.39, 0.29) is 0 Å². The Hall–Kier alpha value is -0.560. The smallest absolute Gasteiger partial charge is 0.0467 e. The molecule has 0 N–H and O–H groups in total. The van der Waals surface area contributed by atoms with Crippen molar-refractivity contribution in [2.75, 3.05) is 13.7 Å². The van der Waals surface area contributed by atoms with Gasteiger partial charge in [0.2, 0.25) is 0 Å². The Morgan fingerprint density at radius 2 is 2.45 bits per heavy atom. The predicted octanol–water partition coefficient (Wildman–Crippen LogP) is 2.55. The maximum atomic E-state index is 5.03. The molecule has 1 nitrogen and oxygen atoms in total. The van der Waals surface area contributed by atoms with Crippen LogP contribution in [0.2, 0.25) is 0 Å². The van der Waals surface area contributed by atoms with Crippen LogP contribution in [0, 0.1) is 5.92 Å². The van der Waals surface area contributed by atoms with Crippen molar-refractivity contribution in [2.24, 2.45) is 5.92 Å². The van der Waals surface area contributed by atoms with Gasteiger partial charge in [0.25, 0.3) is 0 Å². The molecular formula is C10H16O. The first kappa shape index (κ1) is 8.54. The van der Waals surface area contributed by atoms with Crippen molar-refractivity contribution in [3.8, 4) is 0 Å². The summed E-state index contributed by atoms with van der Waals surface area (Å²) in [5, 5.41) is 0. The molecule has 0 saturated carbocycles. The summed E-state index contributed by atoms with van der Waals surface area (Å²) in [6, 6.07) is 0. The molecule has 1 heteroatoms. The quantitative estimate of drug-likeness (QED) is 0.604. The fourth-order valence-corrected chi connectivity index (χ4v) is 1.39. The summed E-state index contributed by atoms with van der Waals surface area (Å²) in [7, 11) is 1.76. The van der Waals surface area contributed by atoms with E-state index in [1.807, 2.05) is 0 Å². The van der Waals surface area contributed by atoms with E-state index < -0.39 is 0 Å². The van der Waals surface area contributed by atoms with Crippen LogP contribution in [0.4, 0.5) is 0 Å². The highest BCUT2D eigenvalue weighted by Crippen LogP contribution is 2.18. The molecule has 11 heavy (non-hydrogen) atoms. The van der Waals surface area contributed by atoms with E-state index in [1.165, 1.54) is 12.0 Å². The number of allylic oxidation sites excluding steroid dienone is 4. The number of hydrogen-bond donors (Lipinski definition) is 0. The molecule has 0 aromatic carbocycles. The lowest BCUT2D eigenvalue weighted by Crippen LogP contribution is -2.03. The van der Waals surface area contributed by atoms with Crippen LogP contribution in [0.15, 0.2) is 23.8 Å². The average molecular weight is 152 g/mol. The van der Waals surface area contributed by atoms with E-state index in [0.717, 1.165) is 13.0 Å². The molecule has 0 aliphatic heterocycles. The van der Waals surface area contributed by atoms with E-state index >= 15 is 0 Å². The van der Waals surface area contributed by atoms with Gasteiger partial charge in [0.15, 0.2) is 0 Å². The summed E-state index contributed by atoms with van der Waals surface area (Å²) in [5.74, 6) is 0.708. The SMILES string of the molecule is COCCC1C=C(C)C=CC1. The second-order valence-electron chi connectivity index (χ2n) is 3.09. The van der Waals surface area contributed by atoms with E-state index in [0.29, 0.717) is 5.92 Å². The summed E-state index contributed by atoms with van der Waals surface area (Å²) in [6.07, 6.45) is 9.09. The predicted molar refractivity (Wildman–Crippen MR) is 47.5 cm³/mol. The van der Waals surface area contributed by atoms with Crippen molar-refractivity contribution in [1.29, 1.82) is 0 Å². The van der Waals surface area contributed by atoms with Gasteiger partial charge in [0.05, 0.1) is 0 Å². The van der Waals surface area contributed by atoms with E-state index in [4.69, 9.17) is 4.74 Å². The highest BCUT2D eigenvalue weighted by Gasteiger charge is 2.06. The second-order valence-corrected chi connectivity index (χ2v) is 3.09. The van der Waals surface area contributed by atoms with E-state index in [1.54, 1.807) is 7.11 Å². The molecule has 1 unspecified atom stereocenters. The maximum absolute atomic E-state index is 5.03. The molecular weight excluding hydrogens is 136 g/mol. The van der Waals surface area contributed by atoms with Crippen molar-refractivity contribution < 1.29 is 4.74 Å². The first-order valence-corrected chi connectivity index (χ1v) is 4.17. The van der Waals surface area contributed by atoms with Crippen LogP contribution in [0.5, 0.6) is 0 Å². The highest BCUT2D eigenvalue weighted by atomic mass is 16.5. The number of hydrogen-bond acceptors (Lipinski definition) is 1. The fourth-order valence-electron chi connectivity index (χ4n) is 1.39. The molecule has 1 atom stereocenters. The first-order valence-electron chi connectivity index (χ1n) is 4.17. The summed E-state index contributed by atoms with van der Waals surface area (Å²) in [4.78, 5) is 0. The Morgan fingerprint density at radius 3 is 3.09 bits per heavy atom. The summed E-state index contributed by atoms with van der Waals surface area (Å²) < 4.78 is 5.03. The average Bonchev–Trinajstić information content (AvgIpc) is 2.01. The summed E-state index contributed by atoms with van der Waals surface area (Å²) >= 11 is 0. The molecule has 0 heterocycles. The molecule has 0 fully saturated rings. The van der Waals surface area contributed by atoms with Gasteiger partial charge in [-0.2, -0.15) is 0 Å². The van der Waals surface area contributed by atoms with Crippen molar-refractivity contribution in [1.82, 2.24) is 0 Å². The van der Waals surface area contributed by atoms with Crippen molar-refractivity contribution in [2.45, 2.75) is 19.8 Å². The largest absolute Gasteiger partial charge is 0.385 e. The molecule has 0 amide bonds. The van der Waals surface area contributed by atoms with Gasteiger partial charge >= 0.3 is 0 Å². The zero-order chi connectivity index (χ0) is 8.10. The maximum Gasteiger partial charge on any atom is 0.0467 e. The Labute approximate surface area is 68.8 Å². The third-order valence-electron chi connectivity index (χ3n) is 2.01. The topological polar surface area (TPSA) is 9.23 Å². The standard InChI is InChI=1S/C10H16O/c1-9-4-3-5-10(8-9)6-7-11-2/h3-4,8,10H,5-7H2,1-2H3. The van der Waals surface area contributed by atoms with E-state index in [2.05, 4.69) is 25.2 Å². The number of methoxy groups -OCH3 is 1. The molecule has 1 aliphatic rings. The van der Waals surface area contributed by atoms with Crippen LogP contribution in [0.25, 0.3) is 0 Å². The van der Waals surface area contributed by atoms with Gasteiger partial charge in [-0.3, -0.25) is 0 Å². The Balaban J connectivity index is 2.31. The molecule has 0 aromatic rings. The van der Waals surface area contributed by atoms with Crippen molar-refractivity contribution >= 4 is 0 Å². The summed E-state index contributed by atoms with van der Waals surface area (Å²) in [6.45, 7) is 3.03. The number of rotatable bonds is 3. The first-order chi connectivity index (χ1) is 5.33. The minimum absolute atomic E-state index is 0.708. The normalized spacial score (nSPS) is 23.5. The number of ether oxygens (including phenoxy) is 1. The monoisotopic (exact) mass is 152 g/mol. The zero-order valence-electron chi connectivity index (χ0n) is 7.34. The Kier molecular flexibility index (Phi) is 3.37. The van der Waals surface area contributed by atoms with Gasteiger partial charge in [-0.1, -0.05) is 23.8 Å². The van der Waals surface area contributed by atoms with Crippen LogP contribution < -0.4 is 0 Å². The molecule has 0 saturated heterocycles. The zero-order valence-corrected chi connectivity index (χ0v) is 7.34. The molecule has 62 valence electrons. The minimum atomic E-state index is 0.708. The van der Waals surface area contributed by atoms with Gasteiger partial charge in [-0.25, -0.2) is 0 Å². The lowest BCUT2D eigenvalue weighted by atomic mass is 9.94. The van der Waals surface area contributed by atoms with Crippen LogP contribution in [0.1, 0.15) is 19.8 Å². The molecule has 0 radical (unpaired) electrons. The molecule has 0 spiro atoms. The molecule has 0 bridgehead atoms. The third-order valence-corrected chi connectivity index (χ3v) is 2.01. The third kappa shape index (κ3) is 2.89. The lowest BCUT2D eigenvalue weighted by Gasteiger charge is -2.13. The summed E-state index contributed by atoms with van der Waals surface area (Å²) in [5.41, 5.74) is 1.39. The van der Waals surface area contributed by atoms with Gasteiger partial charge in [0.1, 0.15) is 0 Å². The molecule has 1 rings (SSSR count). The van der Waals surface area contributed by atoms with E-state index in [9.17, 15) is 0 Å². The molecule has 0 aromatic heterocycles. The Morgan fingerprint density at radius 1 is 1.64 bits per heavy atom. The fraction of sp³-hybridized carbons (Fsp3) is 0.600. The minimum Gasteiger partial charge on any atom is -0.385 e. The van der Waals surface area contributed by atoms with Gasteiger partial charge in [0, 0.05) is 13.7 Å². The van der Waals surface area contributed by atoms with Gasteiger partial charge in [-0.05, 0) is 25.7 Å². The van der Waals surface area contributed by atoms with Crippen LogP contribution in [-0.4, -0.2) is 13.7 Å². The Bertz CT molecular complexity index is 168. The van der Waals surface area contributed by atoms with Gasteiger partial charge < -0.3 is 4.74 Å². The second kappa shape index (κ2) is 4.35. The van der Waals surface area contributed by atoms with Crippen molar-refractivity contribution in [3.05, 3.63) is 23.8 Å². The lowest BCUT2D eigenvalue weighted by molar-refractivity contribution is 0.184. The van der Waals surface area contributed by atoms with Crippen LogP contribution in [-0.2, 0) is 4.74 Å². The van der Waals surface area contributed by atoms with Gasteiger partial charge in [-0.15, -0.1) is 0 Å². The highest BCUT2D eigenvalue weighted by molar-refractivity contribution is 5.21. The van der Waals surface area contributed by atoms with Crippen molar-refractivity contribution in [3.63, 3.8) is 0 Å². The van der Waals surface area contributed by atoms with Crippen LogP contribution in [0.3, 0.4) is 0 Å². The molecule has 1 aliphatic carbocycles. The van der Waals surface area contributed by atoms with Crippen LogP contribution >= 0.6 is 0 Å².